The van der Waals surface area contributed by atoms with E-state index in [0.717, 1.165) is 0 Å². The Labute approximate surface area is 655 Å². The van der Waals surface area contributed by atoms with Gasteiger partial charge in [-0.25, -0.2) is 20.4 Å². The van der Waals surface area contributed by atoms with E-state index in [-0.39, 0.29) is 149 Å². The number of amides is 4. The van der Waals surface area contributed by atoms with Crippen LogP contribution in [0.2, 0.25) is 0 Å². The first-order valence-corrected chi connectivity index (χ1v) is 37.2. The molecule has 0 aromatic carbocycles. The van der Waals surface area contributed by atoms with Crippen molar-refractivity contribution in [2.75, 3.05) is 138 Å². The number of carbonyl (C=O) groups excluding carboxylic acids is 4. The maximum absolute atomic E-state index is 13.5. The number of aromatic nitrogens is 6. The van der Waals surface area contributed by atoms with Gasteiger partial charge in [-0.1, -0.05) is 16.8 Å². The molecule has 48 nitrogen and oxygen atoms in total. The summed E-state index contributed by atoms with van der Waals surface area (Å²) in [5.41, 5.74) is 17.5. The lowest BCUT2D eigenvalue weighted by Gasteiger charge is -2.42. The molecular formula is C66H114N18O30. The van der Waals surface area contributed by atoms with E-state index in [0.29, 0.717) is 30.8 Å². The second kappa shape index (κ2) is 51.2. The number of ether oxygens (including phenoxy) is 12. The Balaban J connectivity index is 1.10. The van der Waals surface area contributed by atoms with Crippen LogP contribution >= 0.6 is 0 Å². The highest BCUT2D eigenvalue weighted by molar-refractivity contribution is 5.75. The number of rotatable bonds is 55. The number of aliphatic carboxylic acids is 1. The molecule has 0 aliphatic carbocycles. The van der Waals surface area contributed by atoms with E-state index in [1.165, 1.54) is 49.5 Å². The Kier molecular flexibility index (Phi) is 42.9. The number of unbranched alkanes of at least 4 members (excludes halogenated alkanes) is 1. The Bertz CT molecular complexity index is 3250. The summed E-state index contributed by atoms with van der Waals surface area (Å²) in [5, 5.41) is 174. The molecule has 48 heteroatoms. The average Bonchev–Trinajstić information content (AvgIpc) is 1.05. The zero-order valence-corrected chi connectivity index (χ0v) is 64.0. The van der Waals surface area contributed by atoms with E-state index >= 15 is 0 Å². The Morgan fingerprint density at radius 2 is 0.816 bits per heavy atom. The number of hydrogen-bond acceptors (Lipinski definition) is 41. The van der Waals surface area contributed by atoms with Gasteiger partial charge in [0.05, 0.1) is 142 Å². The third-order valence-electron chi connectivity index (χ3n) is 18.2. The molecule has 4 saturated heterocycles. The SMILES string of the molecule is CC(=O)N[C@H]1[C@H](OCCOCCN/C=C(/CN(CCCC[C@@H](C(=O)O)N(C/C(=C/NCCOCCO[C@@H]2O[C@H](CO)[C@H](O)[C@H](O)[C@H]2NC(C)=O)N=N)Cc2cn(CCOCCOC3O[C@H](CO)[C@H](O)[C@H](O)[C@H]3NC(C)=O)nn2)Cc2cn(CCOCCO[C@@H]3O[C@H](CO)[C@H](O)[C@H](O)[C@H]3NC(C)=O)nn2)N=N)O[C@H](CO)[C@H](O)[C@@H]1O. The summed E-state index contributed by atoms with van der Waals surface area (Å²) in [5.74, 6) is -3.30. The van der Waals surface area contributed by atoms with Gasteiger partial charge in [-0.3, -0.25) is 33.8 Å². The molecule has 6 heterocycles. The van der Waals surface area contributed by atoms with Gasteiger partial charge < -0.3 is 155 Å². The monoisotopic (exact) mass is 1640 g/mol. The van der Waals surface area contributed by atoms with Crippen molar-refractivity contribution in [3.05, 3.63) is 47.6 Å². The number of aliphatic hydroxyl groups is 12. The van der Waals surface area contributed by atoms with Crippen molar-refractivity contribution in [3.8, 4) is 0 Å². The topological polar surface area (TPSA) is 672 Å². The molecule has 21 atom stereocenters. The van der Waals surface area contributed by atoms with Gasteiger partial charge in [-0.15, -0.1) is 10.2 Å². The number of nitrogens with one attached hydrogen (secondary N) is 8. The minimum Gasteiger partial charge on any atom is -0.480 e. The molecule has 1 unspecified atom stereocenters. The van der Waals surface area contributed by atoms with Crippen LogP contribution in [0.15, 0.2) is 46.4 Å². The molecule has 6 rings (SSSR count). The van der Waals surface area contributed by atoms with Gasteiger partial charge in [0.25, 0.3) is 0 Å². The maximum atomic E-state index is 13.5. The van der Waals surface area contributed by atoms with Crippen molar-refractivity contribution >= 4 is 29.6 Å². The van der Waals surface area contributed by atoms with Gasteiger partial charge >= 0.3 is 5.97 Å². The van der Waals surface area contributed by atoms with E-state index in [9.17, 15) is 90.4 Å². The Morgan fingerprint density at radius 3 is 1.14 bits per heavy atom. The number of carboxylic acids is 1. The molecule has 21 N–H and O–H groups in total. The zero-order chi connectivity index (χ0) is 83.2. The first kappa shape index (κ1) is 95.7. The summed E-state index contributed by atoms with van der Waals surface area (Å²) < 4.78 is 71.2. The summed E-state index contributed by atoms with van der Waals surface area (Å²) in [4.78, 5) is 64.5. The van der Waals surface area contributed by atoms with E-state index in [2.05, 4.69) is 62.8 Å². The van der Waals surface area contributed by atoms with Crippen LogP contribution in [0.4, 0.5) is 0 Å². The van der Waals surface area contributed by atoms with Gasteiger partial charge in [0.15, 0.2) is 25.2 Å². The summed E-state index contributed by atoms with van der Waals surface area (Å²) in [6, 6.07) is -5.82. The third-order valence-corrected chi connectivity index (χ3v) is 18.2. The largest absolute Gasteiger partial charge is 0.480 e. The smallest absolute Gasteiger partial charge is 0.320 e. The van der Waals surface area contributed by atoms with Crippen LogP contribution in [-0.4, -0.2) is 403 Å². The molecule has 0 saturated carbocycles. The van der Waals surface area contributed by atoms with Gasteiger partial charge in [0, 0.05) is 91.8 Å². The van der Waals surface area contributed by atoms with Gasteiger partial charge in [0.2, 0.25) is 23.6 Å². The highest BCUT2D eigenvalue weighted by atomic mass is 16.7. The van der Waals surface area contributed by atoms with E-state index in [4.69, 9.17) is 67.9 Å². The molecular weight excluding hydrogens is 1520 g/mol. The minimum absolute atomic E-state index is 0.00792. The van der Waals surface area contributed by atoms with Crippen molar-refractivity contribution in [3.63, 3.8) is 0 Å². The second-order valence-electron chi connectivity index (χ2n) is 27.0. The number of carboxylic acid groups (broad SMARTS) is 1. The second-order valence-corrected chi connectivity index (χ2v) is 27.0. The fourth-order valence-corrected chi connectivity index (χ4v) is 12.5. The number of aliphatic hydroxyl groups excluding tert-OH is 12. The minimum atomic E-state index is -1.51. The molecule has 648 valence electrons. The van der Waals surface area contributed by atoms with Crippen molar-refractivity contribution in [1.29, 1.82) is 11.1 Å². The van der Waals surface area contributed by atoms with Crippen molar-refractivity contribution in [2.45, 2.75) is 202 Å². The van der Waals surface area contributed by atoms with Crippen molar-refractivity contribution in [1.82, 2.24) is 71.7 Å². The normalized spacial score (nSPS) is 28.4. The maximum Gasteiger partial charge on any atom is 0.320 e. The van der Waals surface area contributed by atoms with Crippen LogP contribution in [0.3, 0.4) is 0 Å². The molecule has 0 bridgehead atoms. The third kappa shape index (κ3) is 31.4. The highest BCUT2D eigenvalue weighted by Gasteiger charge is 2.49. The Morgan fingerprint density at radius 1 is 0.482 bits per heavy atom. The molecule has 0 spiro atoms. The molecule has 4 aliphatic rings. The lowest BCUT2D eigenvalue weighted by Crippen LogP contribution is -2.64. The summed E-state index contributed by atoms with van der Waals surface area (Å²) in [6.45, 7) is 3.41. The van der Waals surface area contributed by atoms with E-state index < -0.39 is 185 Å². The summed E-state index contributed by atoms with van der Waals surface area (Å²) >= 11 is 0. The fraction of sp³-hybridized carbons (Fsp3) is 0.803. The molecule has 4 aliphatic heterocycles. The molecule has 0 radical (unpaired) electrons. The number of nitrogens with zero attached hydrogens (tertiary/aromatic N) is 10. The van der Waals surface area contributed by atoms with Crippen molar-refractivity contribution in [2.24, 2.45) is 10.2 Å². The first-order chi connectivity index (χ1) is 54.7. The van der Waals surface area contributed by atoms with Crippen LogP contribution in [0.5, 0.6) is 0 Å². The first-order valence-electron chi connectivity index (χ1n) is 37.2. The quantitative estimate of drug-likeness (QED) is 0.0216. The predicted octanol–water partition coefficient (Wildman–Crippen LogP) is -9.37. The Hall–Kier alpha value is -7.13. The molecule has 2 aromatic heterocycles. The zero-order valence-electron chi connectivity index (χ0n) is 64.0. The van der Waals surface area contributed by atoms with E-state index in [1.54, 1.807) is 17.3 Å². The van der Waals surface area contributed by atoms with Crippen LogP contribution < -0.4 is 31.9 Å². The van der Waals surface area contributed by atoms with Gasteiger partial charge in [0.1, 0.15) is 103 Å². The lowest BCUT2D eigenvalue weighted by molar-refractivity contribution is -0.272. The van der Waals surface area contributed by atoms with Crippen LogP contribution in [0, 0.1) is 11.1 Å². The number of carbonyl (C=O) groups is 5. The summed E-state index contributed by atoms with van der Waals surface area (Å²) in [7, 11) is 0. The standard InChI is InChI=1S/C66H114N18O30/c1-37(89)71-50-58(97)54(93)46(33-85)111-63(50)107-21-17-103-13-8-69-25-41(75-67)27-81(28-43-31-83(79-77-43)11-15-105-19-23-109-65-52(73-39(3)91)60(99)56(95)48(35-87)113-65)10-6-5-7-45(62(101)102)82(29-42(76-68)26-70-9-14-104-18-22-108-64-51(72-38(2)90)59(98)55(94)47(34-86)112-64)30-44-32-84(80-78-44)12-16-106-20-24-110-66-53(74-40(4)92)61(100)57(96)49(36-88)114-66/h25-26,31-32,45-61,63-70,85-88,93-100H,5-24,27-30,33-36H2,1-4H3,(H,71,89)(H,72,90)(H,73,91)(H,74,92)(H,101,102)/b41-25-,42-26-,75-67?,76-68?/t45-,46+,47+,48+,49+,50+,51+,52+,53+,54-,55-,56-,57-,58+,59+,60+,61+,63+,64+,65+,66?/m0/s1. The molecule has 114 heavy (non-hydrogen) atoms. The average molecular weight is 1640 g/mol. The number of hydrogen-bond donors (Lipinski definition) is 21. The molecule has 4 fully saturated rings. The summed E-state index contributed by atoms with van der Waals surface area (Å²) in [6.07, 6.45) is -14.7. The highest BCUT2D eigenvalue weighted by Crippen LogP contribution is 2.27. The van der Waals surface area contributed by atoms with Crippen LogP contribution in [-0.2, 0) is 107 Å². The predicted molar refractivity (Wildman–Crippen MR) is 382 cm³/mol. The van der Waals surface area contributed by atoms with E-state index in [1.807, 2.05) is 4.90 Å². The van der Waals surface area contributed by atoms with Crippen LogP contribution in [0.1, 0.15) is 58.3 Å². The van der Waals surface area contributed by atoms with Gasteiger partial charge in [-0.05, 0) is 19.4 Å². The van der Waals surface area contributed by atoms with Crippen LogP contribution in [0.25, 0.3) is 0 Å². The van der Waals surface area contributed by atoms with Gasteiger partial charge in [-0.2, -0.15) is 10.2 Å². The lowest BCUT2D eigenvalue weighted by atomic mass is 9.97. The molecule has 2 aromatic rings. The fourth-order valence-electron chi connectivity index (χ4n) is 12.5. The van der Waals surface area contributed by atoms with Crippen molar-refractivity contribution < 1.29 is 147 Å². The molecule has 4 amide bonds.